The maximum Gasteiger partial charge on any atom is 0.325 e. The van der Waals surface area contributed by atoms with Crippen LogP contribution in [0.2, 0.25) is 0 Å². The quantitative estimate of drug-likeness (QED) is 0.876. The second kappa shape index (κ2) is 6.12. The normalized spacial score (nSPS) is 23.6. The summed E-state index contributed by atoms with van der Waals surface area (Å²) in [7, 11) is 8.30. The van der Waals surface area contributed by atoms with Crippen LogP contribution >= 0.6 is 0 Å². The summed E-state index contributed by atoms with van der Waals surface area (Å²) in [6.45, 7) is 1.95. The molecule has 4 amide bonds. The average Bonchev–Trinajstić information content (AvgIpc) is 2.63. The predicted molar refractivity (Wildman–Crippen MR) is 95.7 cm³/mol. The Bertz CT molecular complexity index is 800. The van der Waals surface area contributed by atoms with Crippen molar-refractivity contribution in [2.45, 2.75) is 19.0 Å². The van der Waals surface area contributed by atoms with Gasteiger partial charge in [-0.05, 0) is 24.6 Å². The second-order valence-electron chi connectivity index (χ2n) is 6.69. The van der Waals surface area contributed by atoms with Crippen molar-refractivity contribution in [2.24, 2.45) is 0 Å². The molecule has 0 bridgehead atoms. The van der Waals surface area contributed by atoms with E-state index in [0.29, 0.717) is 11.6 Å². The maximum atomic E-state index is 12.8. The third-order valence-electron chi connectivity index (χ3n) is 5.30. The molecule has 8 heteroatoms. The molecule has 0 spiro atoms. The molecule has 0 saturated heterocycles. The van der Waals surface area contributed by atoms with Crippen molar-refractivity contribution >= 4 is 12.1 Å². The van der Waals surface area contributed by atoms with Crippen molar-refractivity contribution in [1.82, 2.24) is 19.6 Å². The Morgan fingerprint density at radius 3 is 2.15 bits per heavy atom. The van der Waals surface area contributed by atoms with Gasteiger partial charge in [0.2, 0.25) is 0 Å². The first kappa shape index (κ1) is 17.9. The standard InChI is InChI=1S/C18H24N4O4/c1-10-14-15(11-7-8-12(23)13(9-11)26-6)20(3)18(25)22(5)16(14)21(4)17(24)19(10)2/h7-10,15,23H,1-6H3. The number of aromatic hydroxyl groups is 1. The fraction of sp³-hybridized carbons (Fsp3) is 0.444. The lowest BCUT2D eigenvalue weighted by atomic mass is 9.88. The lowest BCUT2D eigenvalue weighted by Crippen LogP contribution is -2.59. The van der Waals surface area contributed by atoms with E-state index in [9.17, 15) is 14.7 Å². The number of likely N-dealkylation sites (N-methyl/N-ethyl adjacent to an activating group) is 2. The van der Waals surface area contributed by atoms with Crippen molar-refractivity contribution in [3.8, 4) is 11.5 Å². The first-order valence-corrected chi connectivity index (χ1v) is 8.32. The monoisotopic (exact) mass is 360 g/mol. The SMILES string of the molecule is COc1cc(C2C3=C(N(C)C(=O)N(C)C3C)N(C)C(=O)N2C)ccc1O. The van der Waals surface area contributed by atoms with Crippen LogP contribution in [0.15, 0.2) is 29.6 Å². The van der Waals surface area contributed by atoms with Crippen LogP contribution in [0.3, 0.4) is 0 Å². The van der Waals surface area contributed by atoms with Gasteiger partial charge in [-0.3, -0.25) is 9.80 Å². The summed E-state index contributed by atoms with van der Waals surface area (Å²) in [5.41, 5.74) is 1.74. The molecular formula is C18H24N4O4. The lowest BCUT2D eigenvalue weighted by Gasteiger charge is -2.50. The lowest BCUT2D eigenvalue weighted by molar-refractivity contribution is 0.108. The fourth-order valence-corrected chi connectivity index (χ4v) is 3.77. The molecule has 140 valence electrons. The van der Waals surface area contributed by atoms with E-state index in [1.54, 1.807) is 56.2 Å². The van der Waals surface area contributed by atoms with Crippen LogP contribution in [-0.2, 0) is 0 Å². The highest BCUT2D eigenvalue weighted by molar-refractivity contribution is 5.84. The summed E-state index contributed by atoms with van der Waals surface area (Å²) in [5.74, 6) is 0.972. The third-order valence-corrected chi connectivity index (χ3v) is 5.30. The molecule has 2 atom stereocenters. The molecule has 1 N–H and O–H groups in total. The van der Waals surface area contributed by atoms with Crippen LogP contribution in [-0.4, -0.2) is 78.1 Å². The average molecular weight is 360 g/mol. The minimum atomic E-state index is -0.379. The molecule has 8 nitrogen and oxygen atoms in total. The van der Waals surface area contributed by atoms with Crippen molar-refractivity contribution in [1.29, 1.82) is 0 Å². The summed E-state index contributed by atoms with van der Waals surface area (Å²) < 4.78 is 5.23. The minimum absolute atomic E-state index is 0.0356. The number of carbonyl (C=O) groups excluding carboxylic acids is 2. The topological polar surface area (TPSA) is 76.6 Å². The Morgan fingerprint density at radius 2 is 1.58 bits per heavy atom. The highest BCUT2D eigenvalue weighted by Crippen LogP contribution is 2.43. The zero-order chi connectivity index (χ0) is 19.3. The van der Waals surface area contributed by atoms with E-state index in [1.165, 1.54) is 16.9 Å². The predicted octanol–water partition coefficient (Wildman–Crippen LogP) is 2.04. The number of amides is 4. The van der Waals surface area contributed by atoms with Crippen molar-refractivity contribution in [2.75, 3.05) is 35.3 Å². The molecule has 26 heavy (non-hydrogen) atoms. The Hall–Kier alpha value is -2.90. The van der Waals surface area contributed by atoms with Crippen molar-refractivity contribution in [3.63, 3.8) is 0 Å². The molecule has 1 aromatic carbocycles. The van der Waals surface area contributed by atoms with Crippen LogP contribution in [0.5, 0.6) is 11.5 Å². The van der Waals surface area contributed by atoms with Crippen LogP contribution in [0.1, 0.15) is 18.5 Å². The zero-order valence-electron chi connectivity index (χ0n) is 15.8. The van der Waals surface area contributed by atoms with E-state index in [0.717, 1.165) is 11.1 Å². The number of ether oxygens (including phenoxy) is 1. The highest BCUT2D eigenvalue weighted by atomic mass is 16.5. The number of urea groups is 2. The Kier molecular flexibility index (Phi) is 4.21. The Morgan fingerprint density at radius 1 is 1.00 bits per heavy atom. The van der Waals surface area contributed by atoms with Gasteiger partial charge in [0.1, 0.15) is 5.82 Å². The van der Waals surface area contributed by atoms with Crippen LogP contribution in [0.4, 0.5) is 9.59 Å². The second-order valence-corrected chi connectivity index (χ2v) is 6.69. The fourth-order valence-electron chi connectivity index (χ4n) is 3.77. The van der Waals surface area contributed by atoms with Crippen molar-refractivity contribution in [3.05, 3.63) is 35.2 Å². The summed E-state index contributed by atoms with van der Waals surface area (Å²) >= 11 is 0. The first-order chi connectivity index (χ1) is 12.2. The molecule has 0 aromatic heterocycles. The molecule has 0 aliphatic carbocycles. The number of methoxy groups -OCH3 is 1. The smallest absolute Gasteiger partial charge is 0.325 e. The van der Waals surface area contributed by atoms with Crippen LogP contribution in [0, 0.1) is 0 Å². The van der Waals surface area contributed by atoms with Gasteiger partial charge in [-0.25, -0.2) is 9.59 Å². The minimum Gasteiger partial charge on any atom is -0.504 e. The summed E-state index contributed by atoms with van der Waals surface area (Å²) in [6, 6.07) is 4.10. The van der Waals surface area contributed by atoms with Gasteiger partial charge in [-0.15, -0.1) is 0 Å². The number of nitrogens with zero attached hydrogens (tertiary/aromatic N) is 4. The first-order valence-electron chi connectivity index (χ1n) is 8.32. The number of hydrogen-bond donors (Lipinski definition) is 1. The van der Waals surface area contributed by atoms with Gasteiger partial charge in [-0.2, -0.15) is 0 Å². The van der Waals surface area contributed by atoms with Crippen molar-refractivity contribution < 1.29 is 19.4 Å². The molecule has 3 rings (SSSR count). The molecule has 2 aliphatic rings. The molecule has 2 unspecified atom stereocenters. The van der Waals surface area contributed by atoms with Gasteiger partial charge in [0.25, 0.3) is 0 Å². The van der Waals surface area contributed by atoms with Gasteiger partial charge in [-0.1, -0.05) is 6.07 Å². The van der Waals surface area contributed by atoms with E-state index >= 15 is 0 Å². The largest absolute Gasteiger partial charge is 0.504 e. The van der Waals surface area contributed by atoms with Gasteiger partial charge >= 0.3 is 12.1 Å². The number of hydrogen-bond acceptors (Lipinski definition) is 4. The Balaban J connectivity index is 2.24. The van der Waals surface area contributed by atoms with Gasteiger partial charge in [0, 0.05) is 33.8 Å². The van der Waals surface area contributed by atoms with E-state index in [4.69, 9.17) is 4.74 Å². The van der Waals surface area contributed by atoms with E-state index < -0.39 is 0 Å². The molecule has 0 radical (unpaired) electrons. The third kappa shape index (κ3) is 2.36. The summed E-state index contributed by atoms with van der Waals surface area (Å²) in [4.78, 5) is 31.6. The summed E-state index contributed by atoms with van der Waals surface area (Å²) in [6.07, 6.45) is 0. The number of phenols is 1. The molecule has 1 aromatic rings. The molecule has 0 fully saturated rings. The molecule has 2 aliphatic heterocycles. The number of carbonyl (C=O) groups is 2. The van der Waals surface area contributed by atoms with Gasteiger partial charge in [0.15, 0.2) is 11.5 Å². The number of phenolic OH excluding ortho intramolecular Hbond substituents is 1. The van der Waals surface area contributed by atoms with E-state index in [2.05, 4.69) is 0 Å². The Labute approximate surface area is 152 Å². The van der Waals surface area contributed by atoms with Gasteiger partial charge < -0.3 is 19.6 Å². The zero-order valence-corrected chi connectivity index (χ0v) is 15.8. The molecular weight excluding hydrogens is 336 g/mol. The maximum absolute atomic E-state index is 12.8. The highest BCUT2D eigenvalue weighted by Gasteiger charge is 2.46. The van der Waals surface area contributed by atoms with Crippen LogP contribution < -0.4 is 4.74 Å². The molecule has 2 heterocycles. The molecule has 0 saturated carbocycles. The van der Waals surface area contributed by atoms with Crippen LogP contribution in [0.25, 0.3) is 0 Å². The summed E-state index contributed by atoms with van der Waals surface area (Å²) in [5, 5.41) is 9.91. The van der Waals surface area contributed by atoms with E-state index in [1.807, 2.05) is 6.92 Å². The van der Waals surface area contributed by atoms with E-state index in [-0.39, 0.29) is 29.9 Å². The number of benzene rings is 1. The number of rotatable bonds is 2. The van der Waals surface area contributed by atoms with Gasteiger partial charge in [0.05, 0.1) is 19.2 Å².